The van der Waals surface area contributed by atoms with Gasteiger partial charge in [0.15, 0.2) is 0 Å². The maximum absolute atomic E-state index is 12.1. The highest BCUT2D eigenvalue weighted by atomic mass is 32.2. The van der Waals surface area contributed by atoms with Crippen LogP contribution in [0, 0.1) is 0 Å². The molecule has 23 heavy (non-hydrogen) atoms. The van der Waals surface area contributed by atoms with Crippen molar-refractivity contribution in [2.24, 2.45) is 0 Å². The van der Waals surface area contributed by atoms with Gasteiger partial charge in [0.2, 0.25) is 10.0 Å². The van der Waals surface area contributed by atoms with Gasteiger partial charge in [-0.2, -0.15) is 0 Å². The van der Waals surface area contributed by atoms with E-state index in [0.29, 0.717) is 12.1 Å². The average molecular weight is 332 g/mol. The minimum atomic E-state index is -3.54. The molecule has 122 valence electrons. The molecule has 0 fully saturated rings. The Morgan fingerprint density at radius 1 is 1.00 bits per heavy atom. The van der Waals surface area contributed by atoms with Crippen LogP contribution in [0.4, 0.5) is 0 Å². The number of hydrogen-bond donors (Lipinski definition) is 2. The summed E-state index contributed by atoms with van der Waals surface area (Å²) >= 11 is 0. The lowest BCUT2D eigenvalue weighted by molar-refractivity contribution is 0.0951. The van der Waals surface area contributed by atoms with Crippen LogP contribution in [0.1, 0.15) is 29.8 Å². The van der Waals surface area contributed by atoms with E-state index in [2.05, 4.69) is 10.0 Å². The highest BCUT2D eigenvalue weighted by Crippen LogP contribution is 2.11. The van der Waals surface area contributed by atoms with Crippen molar-refractivity contribution >= 4 is 15.9 Å². The van der Waals surface area contributed by atoms with Gasteiger partial charge in [-0.25, -0.2) is 13.1 Å². The Morgan fingerprint density at radius 2 is 1.61 bits per heavy atom. The van der Waals surface area contributed by atoms with Crippen LogP contribution in [0.5, 0.6) is 0 Å². The average Bonchev–Trinajstić information content (AvgIpc) is 2.52. The molecule has 0 radical (unpaired) electrons. The molecular weight excluding hydrogens is 312 g/mol. The molecule has 6 heteroatoms. The van der Waals surface area contributed by atoms with Gasteiger partial charge < -0.3 is 5.32 Å². The molecule has 2 aromatic carbocycles. The lowest BCUT2D eigenvalue weighted by Crippen LogP contribution is -2.30. The number of carbonyl (C=O) groups excluding carboxylic acids is 1. The molecule has 5 nitrogen and oxygen atoms in total. The maximum Gasteiger partial charge on any atom is 0.251 e. The van der Waals surface area contributed by atoms with Crippen LogP contribution in [0.2, 0.25) is 0 Å². The van der Waals surface area contributed by atoms with E-state index < -0.39 is 10.0 Å². The van der Waals surface area contributed by atoms with Crippen molar-refractivity contribution in [1.29, 1.82) is 0 Å². The first-order valence-electron chi connectivity index (χ1n) is 7.33. The highest BCUT2D eigenvalue weighted by Gasteiger charge is 2.15. The van der Waals surface area contributed by atoms with E-state index in [4.69, 9.17) is 0 Å². The van der Waals surface area contributed by atoms with Gasteiger partial charge in [-0.05, 0) is 43.7 Å². The Morgan fingerprint density at radius 3 is 2.17 bits per heavy atom. The molecular formula is C17H20N2O3S. The number of nitrogens with one attached hydrogen (secondary N) is 2. The third kappa shape index (κ3) is 4.91. The molecule has 0 aromatic heterocycles. The lowest BCUT2D eigenvalue weighted by Gasteiger charge is -2.10. The second-order valence-electron chi connectivity index (χ2n) is 5.47. The van der Waals surface area contributed by atoms with Crippen molar-refractivity contribution in [3.63, 3.8) is 0 Å². The van der Waals surface area contributed by atoms with Crippen LogP contribution in [0.3, 0.4) is 0 Å². The van der Waals surface area contributed by atoms with E-state index in [1.807, 2.05) is 30.3 Å². The zero-order valence-electron chi connectivity index (χ0n) is 13.1. The zero-order valence-corrected chi connectivity index (χ0v) is 13.9. The SMILES string of the molecule is CC(C)NS(=O)(=O)c1ccc(C(=O)NCc2ccccc2)cc1. The second-order valence-corrected chi connectivity index (χ2v) is 7.18. The van der Waals surface area contributed by atoms with Crippen LogP contribution in [0.15, 0.2) is 59.5 Å². The Balaban J connectivity index is 2.03. The lowest BCUT2D eigenvalue weighted by atomic mass is 10.2. The number of hydrogen-bond acceptors (Lipinski definition) is 3. The minimum Gasteiger partial charge on any atom is -0.348 e. The summed E-state index contributed by atoms with van der Waals surface area (Å²) in [5.74, 6) is -0.241. The molecule has 2 rings (SSSR count). The number of carbonyl (C=O) groups is 1. The van der Waals surface area contributed by atoms with Crippen LogP contribution in [-0.4, -0.2) is 20.4 Å². The van der Waals surface area contributed by atoms with E-state index in [0.717, 1.165) is 5.56 Å². The third-order valence-electron chi connectivity index (χ3n) is 3.11. The molecule has 0 aliphatic rings. The van der Waals surface area contributed by atoms with Gasteiger partial charge >= 0.3 is 0 Å². The van der Waals surface area contributed by atoms with Crippen LogP contribution < -0.4 is 10.0 Å². The Hall–Kier alpha value is -2.18. The fourth-order valence-electron chi connectivity index (χ4n) is 2.04. The number of benzene rings is 2. The smallest absolute Gasteiger partial charge is 0.251 e. The minimum absolute atomic E-state index is 0.144. The molecule has 2 aromatic rings. The summed E-state index contributed by atoms with van der Waals surface area (Å²) in [5.41, 5.74) is 1.42. The first-order chi connectivity index (χ1) is 10.9. The normalized spacial score (nSPS) is 11.4. The van der Waals surface area contributed by atoms with Gasteiger partial charge in [-0.15, -0.1) is 0 Å². The van der Waals surface area contributed by atoms with Gasteiger partial charge in [-0.3, -0.25) is 4.79 Å². The van der Waals surface area contributed by atoms with E-state index in [9.17, 15) is 13.2 Å². The van der Waals surface area contributed by atoms with Gasteiger partial charge in [0, 0.05) is 18.2 Å². The molecule has 0 aliphatic carbocycles. The molecule has 0 unspecified atom stereocenters. The first kappa shape index (κ1) is 17.2. The second kappa shape index (κ2) is 7.39. The summed E-state index contributed by atoms with van der Waals surface area (Å²) in [4.78, 5) is 12.2. The van der Waals surface area contributed by atoms with Gasteiger partial charge in [0.25, 0.3) is 5.91 Å². The van der Waals surface area contributed by atoms with Crippen LogP contribution in [0.25, 0.3) is 0 Å². The largest absolute Gasteiger partial charge is 0.348 e. The first-order valence-corrected chi connectivity index (χ1v) is 8.81. The van der Waals surface area contributed by atoms with E-state index in [-0.39, 0.29) is 16.8 Å². The Bertz CT molecular complexity index is 754. The predicted octanol–water partition coefficient (Wildman–Crippen LogP) is 2.30. The van der Waals surface area contributed by atoms with Crippen LogP contribution >= 0.6 is 0 Å². The standard InChI is InChI=1S/C17H20N2O3S/c1-13(2)19-23(21,22)16-10-8-15(9-11-16)17(20)18-12-14-6-4-3-5-7-14/h3-11,13,19H,12H2,1-2H3,(H,18,20). The molecule has 1 amide bonds. The van der Waals surface area contributed by atoms with Gasteiger partial charge in [0.05, 0.1) is 4.90 Å². The summed E-state index contributed by atoms with van der Waals surface area (Å²) in [6.07, 6.45) is 0. The fourth-order valence-corrected chi connectivity index (χ4v) is 3.30. The van der Waals surface area contributed by atoms with E-state index in [1.54, 1.807) is 13.8 Å². The summed E-state index contributed by atoms with van der Waals surface area (Å²) in [6.45, 7) is 3.93. The Labute approximate surface area is 136 Å². The van der Waals surface area contributed by atoms with Crippen molar-refractivity contribution in [1.82, 2.24) is 10.0 Å². The summed E-state index contributed by atoms with van der Waals surface area (Å²) in [5, 5.41) is 2.80. The summed E-state index contributed by atoms with van der Waals surface area (Å²) in [6, 6.07) is 15.3. The molecule has 0 saturated carbocycles. The maximum atomic E-state index is 12.1. The summed E-state index contributed by atoms with van der Waals surface area (Å²) in [7, 11) is -3.54. The molecule has 2 N–H and O–H groups in total. The van der Waals surface area contributed by atoms with Crippen molar-refractivity contribution in [2.45, 2.75) is 31.3 Å². The van der Waals surface area contributed by atoms with Crippen molar-refractivity contribution in [3.05, 3.63) is 65.7 Å². The molecule has 0 heterocycles. The highest BCUT2D eigenvalue weighted by molar-refractivity contribution is 7.89. The van der Waals surface area contributed by atoms with Crippen molar-refractivity contribution < 1.29 is 13.2 Å². The molecule has 0 saturated heterocycles. The van der Waals surface area contributed by atoms with Crippen LogP contribution in [-0.2, 0) is 16.6 Å². The number of rotatable bonds is 6. The quantitative estimate of drug-likeness (QED) is 0.852. The molecule has 0 aliphatic heterocycles. The fraction of sp³-hybridized carbons (Fsp3) is 0.235. The molecule has 0 atom stereocenters. The molecule has 0 spiro atoms. The van der Waals surface area contributed by atoms with Crippen molar-refractivity contribution in [3.8, 4) is 0 Å². The molecule has 0 bridgehead atoms. The van der Waals surface area contributed by atoms with E-state index in [1.165, 1.54) is 24.3 Å². The van der Waals surface area contributed by atoms with Gasteiger partial charge in [0.1, 0.15) is 0 Å². The predicted molar refractivity (Wildman–Crippen MR) is 89.5 cm³/mol. The monoisotopic (exact) mass is 332 g/mol. The van der Waals surface area contributed by atoms with E-state index >= 15 is 0 Å². The summed E-state index contributed by atoms with van der Waals surface area (Å²) < 4.78 is 26.5. The topological polar surface area (TPSA) is 75.3 Å². The number of amides is 1. The van der Waals surface area contributed by atoms with Crippen molar-refractivity contribution in [2.75, 3.05) is 0 Å². The zero-order chi connectivity index (χ0) is 16.9. The van der Waals surface area contributed by atoms with Gasteiger partial charge in [-0.1, -0.05) is 30.3 Å². The third-order valence-corrected chi connectivity index (χ3v) is 4.79. The number of sulfonamides is 1. The Kier molecular flexibility index (Phi) is 5.52.